The predicted molar refractivity (Wildman–Crippen MR) is 82.2 cm³/mol. The van der Waals surface area contributed by atoms with Crippen LogP contribution in [-0.2, 0) is 11.3 Å². The van der Waals surface area contributed by atoms with Gasteiger partial charge in [0, 0.05) is 19.2 Å². The van der Waals surface area contributed by atoms with E-state index in [1.807, 2.05) is 32.0 Å². The van der Waals surface area contributed by atoms with Gasteiger partial charge in [-0.15, -0.1) is 0 Å². The van der Waals surface area contributed by atoms with Crippen LogP contribution in [0.15, 0.2) is 34.9 Å². The van der Waals surface area contributed by atoms with Gasteiger partial charge in [-0.05, 0) is 17.0 Å². The van der Waals surface area contributed by atoms with E-state index in [9.17, 15) is 14.7 Å². The molecule has 0 aliphatic carbocycles. The lowest BCUT2D eigenvalue weighted by atomic mass is 9.89. The van der Waals surface area contributed by atoms with Crippen LogP contribution in [0.2, 0.25) is 0 Å². The summed E-state index contributed by atoms with van der Waals surface area (Å²) in [7, 11) is 0. The monoisotopic (exact) mass is 314 g/mol. The minimum atomic E-state index is -0.935. The SMILES string of the molecule is CC(C)c1cc(C(=O)N2Cc3ccccc3C(C(=O)O)C2)on1. The number of hydrogen-bond acceptors (Lipinski definition) is 4. The van der Waals surface area contributed by atoms with Crippen molar-refractivity contribution in [3.05, 3.63) is 52.9 Å². The van der Waals surface area contributed by atoms with E-state index >= 15 is 0 Å². The van der Waals surface area contributed by atoms with Crippen molar-refractivity contribution in [2.24, 2.45) is 0 Å². The van der Waals surface area contributed by atoms with Crippen molar-refractivity contribution in [3.8, 4) is 0 Å². The van der Waals surface area contributed by atoms with E-state index in [0.717, 1.165) is 11.1 Å². The van der Waals surface area contributed by atoms with Gasteiger partial charge >= 0.3 is 5.97 Å². The third kappa shape index (κ3) is 2.84. The third-order valence-corrected chi connectivity index (χ3v) is 4.11. The van der Waals surface area contributed by atoms with Crippen LogP contribution in [0.25, 0.3) is 0 Å². The molecular formula is C17H18N2O4. The molecule has 120 valence electrons. The average molecular weight is 314 g/mol. The Morgan fingerprint density at radius 2 is 2.09 bits per heavy atom. The van der Waals surface area contributed by atoms with Crippen LogP contribution in [0.3, 0.4) is 0 Å². The van der Waals surface area contributed by atoms with E-state index in [-0.39, 0.29) is 24.1 Å². The van der Waals surface area contributed by atoms with E-state index in [1.165, 1.54) is 4.90 Å². The molecule has 1 aliphatic rings. The number of benzene rings is 1. The van der Waals surface area contributed by atoms with Crippen molar-refractivity contribution in [1.29, 1.82) is 0 Å². The van der Waals surface area contributed by atoms with E-state index in [1.54, 1.807) is 12.1 Å². The lowest BCUT2D eigenvalue weighted by Crippen LogP contribution is -2.40. The second kappa shape index (κ2) is 5.87. The minimum absolute atomic E-state index is 0.128. The molecule has 1 amide bonds. The highest BCUT2D eigenvalue weighted by molar-refractivity contribution is 5.92. The van der Waals surface area contributed by atoms with Crippen LogP contribution in [0, 0.1) is 0 Å². The highest BCUT2D eigenvalue weighted by atomic mass is 16.5. The highest BCUT2D eigenvalue weighted by Crippen LogP contribution is 2.29. The van der Waals surface area contributed by atoms with Gasteiger partial charge in [0.1, 0.15) is 0 Å². The molecule has 0 saturated carbocycles. The first-order valence-electron chi connectivity index (χ1n) is 7.54. The van der Waals surface area contributed by atoms with Crippen molar-refractivity contribution in [2.45, 2.75) is 32.2 Å². The number of carboxylic acids is 1. The molecule has 6 nitrogen and oxygen atoms in total. The Balaban J connectivity index is 1.89. The van der Waals surface area contributed by atoms with E-state index in [4.69, 9.17) is 4.52 Å². The molecule has 1 aliphatic heterocycles. The number of aromatic nitrogens is 1. The summed E-state index contributed by atoms with van der Waals surface area (Å²) in [5.74, 6) is -1.68. The molecule has 23 heavy (non-hydrogen) atoms. The molecule has 0 fully saturated rings. The Hall–Kier alpha value is -2.63. The molecule has 2 aromatic rings. The molecule has 1 aromatic carbocycles. The van der Waals surface area contributed by atoms with Crippen LogP contribution in [0.1, 0.15) is 53.1 Å². The summed E-state index contributed by atoms with van der Waals surface area (Å²) in [5, 5.41) is 13.3. The van der Waals surface area contributed by atoms with Crippen molar-refractivity contribution in [1.82, 2.24) is 10.1 Å². The predicted octanol–water partition coefficient (Wildman–Crippen LogP) is 2.62. The second-order valence-electron chi connectivity index (χ2n) is 6.05. The summed E-state index contributed by atoms with van der Waals surface area (Å²) in [6.45, 7) is 4.42. The van der Waals surface area contributed by atoms with E-state index in [2.05, 4.69) is 5.16 Å². The summed E-state index contributed by atoms with van der Waals surface area (Å²) >= 11 is 0. The first-order chi connectivity index (χ1) is 11.0. The summed E-state index contributed by atoms with van der Waals surface area (Å²) in [6, 6.07) is 8.95. The third-order valence-electron chi connectivity index (χ3n) is 4.11. The Morgan fingerprint density at radius 1 is 1.35 bits per heavy atom. The van der Waals surface area contributed by atoms with Crippen molar-refractivity contribution in [3.63, 3.8) is 0 Å². The fourth-order valence-corrected chi connectivity index (χ4v) is 2.79. The van der Waals surface area contributed by atoms with Crippen LogP contribution in [-0.4, -0.2) is 33.6 Å². The Labute approximate surface area is 133 Å². The fourth-order valence-electron chi connectivity index (χ4n) is 2.79. The minimum Gasteiger partial charge on any atom is -0.481 e. The molecule has 0 radical (unpaired) electrons. The Bertz CT molecular complexity index is 751. The van der Waals surface area contributed by atoms with Crippen LogP contribution in [0.4, 0.5) is 0 Å². The van der Waals surface area contributed by atoms with Crippen LogP contribution in [0.5, 0.6) is 0 Å². The maximum Gasteiger partial charge on any atom is 0.312 e. The lowest BCUT2D eigenvalue weighted by Gasteiger charge is -2.32. The quantitative estimate of drug-likeness (QED) is 0.941. The van der Waals surface area contributed by atoms with Crippen LogP contribution >= 0.6 is 0 Å². The molecule has 6 heteroatoms. The summed E-state index contributed by atoms with van der Waals surface area (Å²) in [4.78, 5) is 25.7. The molecule has 1 N–H and O–H groups in total. The first kappa shape index (κ1) is 15.3. The number of amides is 1. The Kier molecular flexibility index (Phi) is 3.90. The highest BCUT2D eigenvalue weighted by Gasteiger charge is 2.34. The Morgan fingerprint density at radius 3 is 2.74 bits per heavy atom. The molecule has 0 saturated heterocycles. The number of carboxylic acid groups (broad SMARTS) is 1. The van der Waals surface area contributed by atoms with Gasteiger partial charge in [-0.25, -0.2) is 0 Å². The normalized spacial score (nSPS) is 17.2. The van der Waals surface area contributed by atoms with Gasteiger partial charge in [0.05, 0.1) is 11.6 Å². The molecule has 1 aromatic heterocycles. The topological polar surface area (TPSA) is 83.6 Å². The average Bonchev–Trinajstić information content (AvgIpc) is 3.03. The number of aliphatic carboxylic acids is 1. The zero-order valence-electron chi connectivity index (χ0n) is 13.0. The zero-order chi connectivity index (χ0) is 16.6. The summed E-state index contributed by atoms with van der Waals surface area (Å²) in [6.07, 6.45) is 0. The molecule has 2 heterocycles. The molecule has 1 atom stereocenters. The fraction of sp³-hybridized carbons (Fsp3) is 0.353. The van der Waals surface area contributed by atoms with Gasteiger partial charge in [-0.2, -0.15) is 0 Å². The second-order valence-corrected chi connectivity index (χ2v) is 6.05. The standard InChI is InChI=1S/C17H18N2O4/c1-10(2)14-7-15(23-18-14)16(20)19-8-11-5-3-4-6-12(11)13(9-19)17(21)22/h3-7,10,13H,8-9H2,1-2H3,(H,21,22). The van der Waals surface area contributed by atoms with Gasteiger partial charge in [0.15, 0.2) is 0 Å². The van der Waals surface area contributed by atoms with Gasteiger partial charge in [-0.3, -0.25) is 9.59 Å². The van der Waals surface area contributed by atoms with Gasteiger partial charge in [0.25, 0.3) is 5.91 Å². The molecule has 0 spiro atoms. The number of carbonyl (C=O) groups excluding carboxylic acids is 1. The molecule has 3 rings (SSSR count). The number of carbonyl (C=O) groups is 2. The number of fused-ring (bicyclic) bond motifs is 1. The number of hydrogen-bond donors (Lipinski definition) is 1. The first-order valence-corrected chi connectivity index (χ1v) is 7.54. The van der Waals surface area contributed by atoms with Gasteiger partial charge in [0.2, 0.25) is 5.76 Å². The molecule has 0 bridgehead atoms. The van der Waals surface area contributed by atoms with Crippen molar-refractivity contribution < 1.29 is 19.2 Å². The summed E-state index contributed by atoms with van der Waals surface area (Å²) in [5.41, 5.74) is 2.33. The number of rotatable bonds is 3. The van der Waals surface area contributed by atoms with E-state index < -0.39 is 11.9 Å². The van der Waals surface area contributed by atoms with Gasteiger partial charge < -0.3 is 14.5 Å². The number of nitrogens with zero attached hydrogens (tertiary/aromatic N) is 2. The van der Waals surface area contributed by atoms with Crippen molar-refractivity contribution in [2.75, 3.05) is 6.54 Å². The molecule has 1 unspecified atom stereocenters. The molecular weight excluding hydrogens is 296 g/mol. The largest absolute Gasteiger partial charge is 0.481 e. The van der Waals surface area contributed by atoms with E-state index in [0.29, 0.717) is 12.2 Å². The zero-order valence-corrected chi connectivity index (χ0v) is 13.0. The maximum absolute atomic E-state index is 12.6. The smallest absolute Gasteiger partial charge is 0.312 e. The van der Waals surface area contributed by atoms with Crippen molar-refractivity contribution >= 4 is 11.9 Å². The van der Waals surface area contributed by atoms with Crippen LogP contribution < -0.4 is 0 Å². The maximum atomic E-state index is 12.6. The summed E-state index contributed by atoms with van der Waals surface area (Å²) < 4.78 is 5.14. The lowest BCUT2D eigenvalue weighted by molar-refractivity contribution is -0.139. The van der Waals surface area contributed by atoms with Gasteiger partial charge in [-0.1, -0.05) is 43.3 Å².